The summed E-state index contributed by atoms with van der Waals surface area (Å²) in [5.74, 6) is -1.98. The van der Waals surface area contributed by atoms with E-state index < -0.39 is 23.8 Å². The third kappa shape index (κ3) is 3.56. The number of amides is 4. The molecule has 1 saturated heterocycles. The summed E-state index contributed by atoms with van der Waals surface area (Å²) in [4.78, 5) is 50.3. The maximum Gasteiger partial charge on any atom is 0.262 e. The Balaban J connectivity index is 1.31. The predicted molar refractivity (Wildman–Crippen MR) is 117 cm³/mol. The van der Waals surface area contributed by atoms with Gasteiger partial charge in [-0.25, -0.2) is 0 Å². The Kier molecular flexibility index (Phi) is 5.01. The summed E-state index contributed by atoms with van der Waals surface area (Å²) in [5, 5.41) is 5.59. The molecule has 2 aliphatic heterocycles. The molecule has 2 heterocycles. The number of anilines is 1. The molecule has 0 spiro atoms. The molecule has 0 aromatic heterocycles. The van der Waals surface area contributed by atoms with E-state index in [1.54, 1.807) is 12.1 Å². The van der Waals surface area contributed by atoms with E-state index in [1.165, 1.54) is 11.1 Å². The van der Waals surface area contributed by atoms with Crippen molar-refractivity contribution in [3.63, 3.8) is 0 Å². The third-order valence-corrected chi connectivity index (χ3v) is 6.47. The average Bonchev–Trinajstić information content (AvgIpc) is 3.02. The van der Waals surface area contributed by atoms with Crippen LogP contribution in [0.25, 0.3) is 0 Å². The highest BCUT2D eigenvalue weighted by atomic mass is 16.2. The number of carbonyl (C=O) groups is 4. The summed E-state index contributed by atoms with van der Waals surface area (Å²) in [7, 11) is 0. The molecule has 0 bridgehead atoms. The highest BCUT2D eigenvalue weighted by molar-refractivity contribution is 6.23. The molecule has 2 atom stereocenters. The van der Waals surface area contributed by atoms with Gasteiger partial charge < -0.3 is 11.1 Å². The first-order chi connectivity index (χ1) is 15.4. The number of nitrogens with zero attached hydrogens (tertiary/aromatic N) is 1. The lowest BCUT2D eigenvalue weighted by atomic mass is 9.88. The molecule has 3 aliphatic rings. The van der Waals surface area contributed by atoms with Crippen molar-refractivity contribution in [1.29, 1.82) is 0 Å². The van der Waals surface area contributed by atoms with Crippen molar-refractivity contribution in [1.82, 2.24) is 10.2 Å². The summed E-state index contributed by atoms with van der Waals surface area (Å²) in [6.45, 7) is 0.492. The number of fused-ring (bicyclic) bond motifs is 2. The van der Waals surface area contributed by atoms with Gasteiger partial charge in [0.1, 0.15) is 6.04 Å². The molecule has 1 fully saturated rings. The van der Waals surface area contributed by atoms with Gasteiger partial charge in [0, 0.05) is 24.7 Å². The quantitative estimate of drug-likeness (QED) is 0.630. The standard InChI is InChI=1S/C24H24N4O4/c25-16-4-2-15-11-17(5-3-14(15)10-16)26-12-13-1-6-18-19(9-13)24(32)28(23(18)31)20-7-8-21(29)27-22(20)30/h1,3,5-6,9,11,16,20,26H,2,4,7-8,10,12,25H2,(H,27,29,30). The lowest BCUT2D eigenvalue weighted by Crippen LogP contribution is -2.54. The van der Waals surface area contributed by atoms with Crippen molar-refractivity contribution >= 4 is 29.3 Å². The molecule has 0 radical (unpaired) electrons. The molecule has 8 nitrogen and oxygen atoms in total. The van der Waals surface area contributed by atoms with Gasteiger partial charge in [-0.1, -0.05) is 12.1 Å². The van der Waals surface area contributed by atoms with E-state index >= 15 is 0 Å². The number of rotatable bonds is 4. The lowest BCUT2D eigenvalue weighted by molar-refractivity contribution is -0.136. The van der Waals surface area contributed by atoms with E-state index in [0.29, 0.717) is 12.1 Å². The Labute approximate surface area is 185 Å². The van der Waals surface area contributed by atoms with E-state index in [9.17, 15) is 19.2 Å². The SMILES string of the molecule is NC1CCc2cc(NCc3ccc4c(c3)C(=O)N(C3CCC(=O)NC3=O)C4=O)ccc2C1. The van der Waals surface area contributed by atoms with Crippen LogP contribution in [0, 0.1) is 0 Å². The molecule has 4 N–H and O–H groups in total. The van der Waals surface area contributed by atoms with Crippen LogP contribution in [0.3, 0.4) is 0 Å². The normalized spacial score (nSPS) is 22.5. The molecule has 1 aliphatic carbocycles. The Morgan fingerprint density at radius 3 is 2.56 bits per heavy atom. The molecule has 0 saturated carbocycles. The van der Waals surface area contributed by atoms with Gasteiger partial charge in [0.25, 0.3) is 11.8 Å². The summed E-state index contributed by atoms with van der Waals surface area (Å²) >= 11 is 0. The van der Waals surface area contributed by atoms with E-state index in [-0.39, 0.29) is 30.4 Å². The first-order valence-electron chi connectivity index (χ1n) is 10.9. The Hall–Kier alpha value is -3.52. The number of hydrogen-bond donors (Lipinski definition) is 3. The zero-order valence-corrected chi connectivity index (χ0v) is 17.5. The number of nitrogens with two attached hydrogens (primary N) is 1. The first kappa shape index (κ1) is 20.4. The molecule has 8 heteroatoms. The largest absolute Gasteiger partial charge is 0.381 e. The Morgan fingerprint density at radius 2 is 1.75 bits per heavy atom. The molecular formula is C24H24N4O4. The fourth-order valence-corrected chi connectivity index (χ4v) is 4.73. The van der Waals surface area contributed by atoms with Crippen molar-refractivity contribution in [3.05, 3.63) is 64.2 Å². The van der Waals surface area contributed by atoms with Crippen LogP contribution >= 0.6 is 0 Å². The summed E-state index contributed by atoms with van der Waals surface area (Å²) < 4.78 is 0. The van der Waals surface area contributed by atoms with E-state index in [2.05, 4.69) is 22.8 Å². The van der Waals surface area contributed by atoms with Crippen LogP contribution in [-0.2, 0) is 29.0 Å². The van der Waals surface area contributed by atoms with Crippen LogP contribution in [-0.4, -0.2) is 40.6 Å². The number of benzene rings is 2. The topological polar surface area (TPSA) is 122 Å². The molecule has 2 aromatic carbocycles. The minimum Gasteiger partial charge on any atom is -0.381 e. The number of carbonyl (C=O) groups excluding carboxylic acids is 4. The van der Waals surface area contributed by atoms with Gasteiger partial charge in [0.15, 0.2) is 0 Å². The van der Waals surface area contributed by atoms with Crippen LogP contribution in [0.15, 0.2) is 36.4 Å². The Bertz CT molecular complexity index is 1160. The predicted octanol–water partition coefficient (Wildman–Crippen LogP) is 1.52. The van der Waals surface area contributed by atoms with E-state index in [4.69, 9.17) is 5.73 Å². The smallest absolute Gasteiger partial charge is 0.262 e. The van der Waals surface area contributed by atoms with Crippen molar-refractivity contribution < 1.29 is 19.2 Å². The van der Waals surface area contributed by atoms with E-state index in [1.807, 2.05) is 12.1 Å². The van der Waals surface area contributed by atoms with Gasteiger partial charge in [-0.2, -0.15) is 0 Å². The Morgan fingerprint density at radius 1 is 0.938 bits per heavy atom. The summed E-state index contributed by atoms with van der Waals surface area (Å²) in [6, 6.07) is 10.7. The summed E-state index contributed by atoms with van der Waals surface area (Å²) in [5.41, 5.74) is 11.1. The molecule has 164 valence electrons. The van der Waals surface area contributed by atoms with Gasteiger partial charge >= 0.3 is 0 Å². The van der Waals surface area contributed by atoms with Crippen molar-refractivity contribution in [2.75, 3.05) is 5.32 Å². The lowest BCUT2D eigenvalue weighted by Gasteiger charge is -2.27. The van der Waals surface area contributed by atoms with Crippen LogP contribution in [0.2, 0.25) is 0 Å². The second-order valence-corrected chi connectivity index (χ2v) is 8.67. The number of nitrogens with one attached hydrogen (secondary N) is 2. The molecule has 4 amide bonds. The number of hydrogen-bond acceptors (Lipinski definition) is 6. The van der Waals surface area contributed by atoms with Gasteiger partial charge in [0.05, 0.1) is 11.1 Å². The fraction of sp³-hybridized carbons (Fsp3) is 0.333. The molecule has 2 aromatic rings. The number of aryl methyl sites for hydroxylation is 1. The first-order valence-corrected chi connectivity index (χ1v) is 10.9. The fourth-order valence-electron chi connectivity index (χ4n) is 4.73. The van der Waals surface area contributed by atoms with Crippen molar-refractivity contribution in [2.24, 2.45) is 5.73 Å². The molecule has 2 unspecified atom stereocenters. The van der Waals surface area contributed by atoms with Crippen LogP contribution in [0.4, 0.5) is 5.69 Å². The maximum absolute atomic E-state index is 13.0. The van der Waals surface area contributed by atoms with Gasteiger partial charge in [0.2, 0.25) is 11.8 Å². The number of piperidine rings is 1. The highest BCUT2D eigenvalue weighted by Gasteiger charge is 2.44. The van der Waals surface area contributed by atoms with Crippen molar-refractivity contribution in [2.45, 2.75) is 50.7 Å². The summed E-state index contributed by atoms with van der Waals surface area (Å²) in [6.07, 6.45) is 3.11. The molecule has 5 rings (SSSR count). The number of imide groups is 2. The van der Waals surface area contributed by atoms with Crippen LogP contribution < -0.4 is 16.4 Å². The van der Waals surface area contributed by atoms with Crippen LogP contribution in [0.1, 0.15) is 56.7 Å². The minimum absolute atomic E-state index is 0.103. The van der Waals surface area contributed by atoms with Gasteiger partial charge in [-0.3, -0.25) is 29.4 Å². The third-order valence-electron chi connectivity index (χ3n) is 6.47. The minimum atomic E-state index is -0.953. The zero-order chi connectivity index (χ0) is 22.4. The highest BCUT2D eigenvalue weighted by Crippen LogP contribution is 2.29. The van der Waals surface area contributed by atoms with Gasteiger partial charge in [-0.15, -0.1) is 0 Å². The second kappa shape index (κ2) is 7.87. The zero-order valence-electron chi connectivity index (χ0n) is 17.5. The monoisotopic (exact) mass is 432 g/mol. The van der Waals surface area contributed by atoms with Gasteiger partial charge in [-0.05, 0) is 66.6 Å². The average molecular weight is 432 g/mol. The van der Waals surface area contributed by atoms with Crippen LogP contribution in [0.5, 0.6) is 0 Å². The van der Waals surface area contributed by atoms with Crippen molar-refractivity contribution in [3.8, 4) is 0 Å². The molecule has 32 heavy (non-hydrogen) atoms. The second-order valence-electron chi connectivity index (χ2n) is 8.67. The maximum atomic E-state index is 13.0. The van der Waals surface area contributed by atoms with E-state index in [0.717, 1.165) is 35.4 Å². The molecular weight excluding hydrogens is 408 g/mol.